The van der Waals surface area contributed by atoms with Crippen LogP contribution < -0.4 is 5.32 Å². The lowest BCUT2D eigenvalue weighted by atomic mass is 10.1. The molecule has 0 aromatic heterocycles. The molecule has 1 N–H and O–H groups in total. The summed E-state index contributed by atoms with van der Waals surface area (Å²) in [6.07, 6.45) is 4.63. The van der Waals surface area contributed by atoms with Crippen LogP contribution in [0.1, 0.15) is 58.4 Å². The maximum Gasteiger partial charge on any atom is 0.253 e. The molecule has 33 heavy (non-hydrogen) atoms. The van der Waals surface area contributed by atoms with Crippen molar-refractivity contribution in [3.8, 4) is 0 Å². The van der Waals surface area contributed by atoms with Crippen molar-refractivity contribution in [1.82, 2.24) is 14.5 Å². The average Bonchev–Trinajstić information content (AvgIpc) is 3.39. The van der Waals surface area contributed by atoms with E-state index in [1.54, 1.807) is 24.3 Å². The van der Waals surface area contributed by atoms with E-state index in [1.165, 1.54) is 10.4 Å². The summed E-state index contributed by atoms with van der Waals surface area (Å²) in [4.78, 5) is 26.8. The molecule has 0 spiro atoms. The van der Waals surface area contributed by atoms with Gasteiger partial charge in [-0.3, -0.25) is 9.59 Å². The normalized spacial score (nSPS) is 17.2. The van der Waals surface area contributed by atoms with Crippen LogP contribution >= 0.6 is 0 Å². The third-order valence-corrected chi connectivity index (χ3v) is 8.06. The fraction of sp³-hybridized carbons (Fsp3) is 0.417. The molecule has 0 saturated carbocycles. The molecule has 2 heterocycles. The van der Waals surface area contributed by atoms with Gasteiger partial charge < -0.3 is 10.2 Å². The number of carbonyl (C=O) groups excluding carboxylic acids is 2. The number of sulfonamides is 1. The van der Waals surface area contributed by atoms with Gasteiger partial charge in [0.1, 0.15) is 10.7 Å². The molecule has 2 amide bonds. The van der Waals surface area contributed by atoms with E-state index < -0.39 is 26.6 Å². The zero-order valence-electron chi connectivity index (χ0n) is 18.4. The molecule has 9 heteroatoms. The summed E-state index contributed by atoms with van der Waals surface area (Å²) in [6, 6.07) is 10.5. The minimum atomic E-state index is -3.98. The summed E-state index contributed by atoms with van der Waals surface area (Å²) in [6.45, 7) is 2.38. The number of rotatable bonds is 6. The van der Waals surface area contributed by atoms with Gasteiger partial charge >= 0.3 is 0 Å². The number of carbonyl (C=O) groups is 2. The fourth-order valence-corrected chi connectivity index (χ4v) is 5.90. The van der Waals surface area contributed by atoms with Crippen LogP contribution in [-0.2, 0) is 16.6 Å². The van der Waals surface area contributed by atoms with Gasteiger partial charge in [-0.05, 0) is 68.0 Å². The Morgan fingerprint density at radius 2 is 1.58 bits per heavy atom. The highest BCUT2D eigenvalue weighted by Gasteiger charge is 2.30. The van der Waals surface area contributed by atoms with Gasteiger partial charge in [-0.25, -0.2) is 12.8 Å². The molecule has 2 aromatic rings. The molecule has 0 radical (unpaired) electrons. The van der Waals surface area contributed by atoms with E-state index >= 15 is 0 Å². The van der Waals surface area contributed by atoms with Gasteiger partial charge in [-0.2, -0.15) is 4.31 Å². The summed E-state index contributed by atoms with van der Waals surface area (Å²) in [5.41, 5.74) is 1.39. The molecular formula is C24H28FN3O4S. The van der Waals surface area contributed by atoms with E-state index in [1.807, 2.05) is 4.90 Å². The van der Waals surface area contributed by atoms with Crippen molar-refractivity contribution in [2.45, 2.75) is 43.5 Å². The topological polar surface area (TPSA) is 86.8 Å². The lowest BCUT2D eigenvalue weighted by Gasteiger charge is -2.26. The van der Waals surface area contributed by atoms with Crippen molar-refractivity contribution in [1.29, 1.82) is 0 Å². The van der Waals surface area contributed by atoms with E-state index in [0.717, 1.165) is 62.9 Å². The third kappa shape index (κ3) is 5.25. The Morgan fingerprint density at radius 3 is 2.30 bits per heavy atom. The second-order valence-corrected chi connectivity index (χ2v) is 10.4. The second kappa shape index (κ2) is 10.0. The Balaban J connectivity index is 1.44. The predicted octanol–water partition coefficient (Wildman–Crippen LogP) is 3.17. The smallest absolute Gasteiger partial charge is 0.253 e. The van der Waals surface area contributed by atoms with Crippen LogP contribution in [0.4, 0.5) is 4.39 Å². The highest BCUT2D eigenvalue weighted by atomic mass is 32.2. The molecule has 4 rings (SSSR count). The average molecular weight is 474 g/mol. The quantitative estimate of drug-likeness (QED) is 0.698. The molecule has 2 aliphatic heterocycles. The number of halogens is 1. The third-order valence-electron chi connectivity index (χ3n) is 6.15. The summed E-state index contributed by atoms with van der Waals surface area (Å²) < 4.78 is 41.1. The molecule has 7 nitrogen and oxygen atoms in total. The number of nitrogens with zero attached hydrogens (tertiary/aromatic N) is 2. The standard InChI is InChI=1S/C24H28FN3O4S/c25-21-10-9-19(16-22(21)33(31,32)28-13-4-5-14-28)23(29)26-17-18-7-6-8-20(15-18)24(30)27-11-2-1-3-12-27/h6-10,15-16H,1-5,11-14,17H2,(H,26,29). The van der Waals surface area contributed by atoms with Crippen molar-refractivity contribution >= 4 is 21.8 Å². The Morgan fingerprint density at radius 1 is 0.879 bits per heavy atom. The molecule has 2 aliphatic rings. The van der Waals surface area contributed by atoms with Gasteiger partial charge in [-0.1, -0.05) is 12.1 Å². The first-order chi connectivity index (χ1) is 15.9. The van der Waals surface area contributed by atoms with Gasteiger partial charge in [-0.15, -0.1) is 0 Å². The molecule has 2 fully saturated rings. The van der Waals surface area contributed by atoms with Crippen LogP contribution in [0.2, 0.25) is 0 Å². The minimum absolute atomic E-state index is 0.0156. The molecule has 0 bridgehead atoms. The number of hydrogen-bond acceptors (Lipinski definition) is 4. The zero-order valence-corrected chi connectivity index (χ0v) is 19.2. The molecule has 2 aromatic carbocycles. The van der Waals surface area contributed by atoms with Crippen LogP contribution in [0.25, 0.3) is 0 Å². The highest BCUT2D eigenvalue weighted by molar-refractivity contribution is 7.89. The first-order valence-corrected chi connectivity index (χ1v) is 12.8. The fourth-order valence-electron chi connectivity index (χ4n) is 4.29. The van der Waals surface area contributed by atoms with Crippen molar-refractivity contribution in [2.24, 2.45) is 0 Å². The molecule has 0 unspecified atom stereocenters. The monoisotopic (exact) mass is 473 g/mol. The molecule has 0 atom stereocenters. The maximum atomic E-state index is 14.3. The van der Waals surface area contributed by atoms with Crippen LogP contribution in [0, 0.1) is 5.82 Å². The Labute approximate surface area is 193 Å². The molecule has 2 saturated heterocycles. The number of benzene rings is 2. The van der Waals surface area contributed by atoms with E-state index in [-0.39, 0.29) is 18.0 Å². The Kier molecular flexibility index (Phi) is 7.09. The van der Waals surface area contributed by atoms with Crippen LogP contribution in [-0.4, -0.2) is 55.6 Å². The van der Waals surface area contributed by atoms with Crippen LogP contribution in [0.5, 0.6) is 0 Å². The summed E-state index contributed by atoms with van der Waals surface area (Å²) in [7, 11) is -3.98. The Hall–Kier alpha value is -2.78. The van der Waals surface area contributed by atoms with Gasteiger partial charge in [0.25, 0.3) is 11.8 Å². The molecule has 176 valence electrons. The highest BCUT2D eigenvalue weighted by Crippen LogP contribution is 2.24. The van der Waals surface area contributed by atoms with Crippen LogP contribution in [0.15, 0.2) is 47.4 Å². The molecular weight excluding hydrogens is 445 g/mol. The largest absolute Gasteiger partial charge is 0.348 e. The summed E-state index contributed by atoms with van der Waals surface area (Å²) in [5, 5.41) is 2.73. The number of nitrogens with one attached hydrogen (secondary N) is 1. The number of likely N-dealkylation sites (tertiary alicyclic amines) is 1. The lowest BCUT2D eigenvalue weighted by Crippen LogP contribution is -2.35. The van der Waals surface area contributed by atoms with E-state index in [9.17, 15) is 22.4 Å². The van der Waals surface area contributed by atoms with Crippen molar-refractivity contribution in [2.75, 3.05) is 26.2 Å². The second-order valence-electron chi connectivity index (χ2n) is 8.49. The summed E-state index contributed by atoms with van der Waals surface area (Å²) >= 11 is 0. The zero-order chi connectivity index (χ0) is 23.4. The molecule has 0 aliphatic carbocycles. The number of piperidine rings is 1. The SMILES string of the molecule is O=C(NCc1cccc(C(=O)N2CCCCC2)c1)c1ccc(F)c(S(=O)(=O)N2CCCC2)c1. The first-order valence-electron chi connectivity index (χ1n) is 11.3. The van der Waals surface area contributed by atoms with Crippen molar-refractivity contribution in [3.05, 3.63) is 65.0 Å². The van der Waals surface area contributed by atoms with Gasteiger partial charge in [0.15, 0.2) is 0 Å². The van der Waals surface area contributed by atoms with E-state index in [4.69, 9.17) is 0 Å². The maximum absolute atomic E-state index is 14.3. The summed E-state index contributed by atoms with van der Waals surface area (Å²) in [5.74, 6) is -1.40. The first kappa shape index (κ1) is 23.4. The van der Waals surface area contributed by atoms with E-state index in [2.05, 4.69) is 5.32 Å². The predicted molar refractivity (Wildman–Crippen MR) is 122 cm³/mol. The van der Waals surface area contributed by atoms with E-state index in [0.29, 0.717) is 18.7 Å². The van der Waals surface area contributed by atoms with Gasteiger partial charge in [0.2, 0.25) is 10.0 Å². The van der Waals surface area contributed by atoms with Crippen molar-refractivity contribution in [3.63, 3.8) is 0 Å². The number of hydrogen-bond donors (Lipinski definition) is 1. The van der Waals surface area contributed by atoms with Gasteiger partial charge in [0.05, 0.1) is 0 Å². The Bertz CT molecular complexity index is 1140. The lowest BCUT2D eigenvalue weighted by molar-refractivity contribution is 0.0724. The van der Waals surface area contributed by atoms with Crippen molar-refractivity contribution < 1.29 is 22.4 Å². The minimum Gasteiger partial charge on any atom is -0.348 e. The van der Waals surface area contributed by atoms with Gasteiger partial charge in [0, 0.05) is 43.9 Å². The number of amides is 2. The van der Waals surface area contributed by atoms with Crippen LogP contribution in [0.3, 0.4) is 0 Å².